The molecule has 2 aromatic rings. The topological polar surface area (TPSA) is 64.7 Å². The van der Waals surface area contributed by atoms with E-state index >= 15 is 0 Å². The lowest BCUT2D eigenvalue weighted by Gasteiger charge is -2.09. The molecule has 0 fully saturated rings. The minimum atomic E-state index is 0.147. The Morgan fingerprint density at radius 3 is 2.82 bits per heavy atom. The van der Waals surface area contributed by atoms with Gasteiger partial charge in [-0.15, -0.1) is 0 Å². The molecule has 0 amide bonds. The van der Waals surface area contributed by atoms with Crippen molar-refractivity contribution < 1.29 is 0 Å². The molecular formula is C11H11ClN4S. The number of rotatable bonds is 3. The van der Waals surface area contributed by atoms with E-state index in [2.05, 4.69) is 15.0 Å². The number of anilines is 1. The minimum Gasteiger partial charge on any atom is -0.384 e. The lowest BCUT2D eigenvalue weighted by atomic mass is 10.3. The second kappa shape index (κ2) is 5.33. The highest BCUT2D eigenvalue weighted by Gasteiger charge is 2.11. The minimum absolute atomic E-state index is 0.147. The van der Waals surface area contributed by atoms with Gasteiger partial charge in [0, 0.05) is 12.3 Å². The number of pyridine rings is 1. The molecule has 2 rings (SSSR count). The molecule has 0 aromatic carbocycles. The van der Waals surface area contributed by atoms with Gasteiger partial charge >= 0.3 is 0 Å². The van der Waals surface area contributed by atoms with Crippen molar-refractivity contribution in [1.29, 1.82) is 0 Å². The van der Waals surface area contributed by atoms with Gasteiger partial charge in [0.25, 0.3) is 0 Å². The summed E-state index contributed by atoms with van der Waals surface area (Å²) in [5.41, 5.74) is 6.58. The number of hydrogen-bond donors (Lipinski definition) is 1. The van der Waals surface area contributed by atoms with E-state index < -0.39 is 0 Å². The van der Waals surface area contributed by atoms with Gasteiger partial charge in [0.05, 0.1) is 10.9 Å². The summed E-state index contributed by atoms with van der Waals surface area (Å²) in [7, 11) is 0. The van der Waals surface area contributed by atoms with Crippen LogP contribution in [-0.2, 0) is 0 Å². The zero-order chi connectivity index (χ0) is 12.3. The van der Waals surface area contributed by atoms with Crippen LogP contribution in [0.3, 0.4) is 0 Å². The highest BCUT2D eigenvalue weighted by Crippen LogP contribution is 2.32. The first-order valence-electron chi connectivity index (χ1n) is 5.03. The highest BCUT2D eigenvalue weighted by molar-refractivity contribution is 7.99. The van der Waals surface area contributed by atoms with E-state index in [1.807, 2.05) is 25.1 Å². The monoisotopic (exact) mass is 266 g/mol. The van der Waals surface area contributed by atoms with Crippen LogP contribution >= 0.6 is 23.4 Å². The number of nitrogens with zero attached hydrogens (tertiary/aromatic N) is 3. The van der Waals surface area contributed by atoms with Gasteiger partial charge in [0.15, 0.2) is 5.16 Å². The van der Waals surface area contributed by atoms with Crippen LogP contribution in [-0.4, -0.2) is 15.0 Å². The number of thioether (sulfide) groups is 1. The highest BCUT2D eigenvalue weighted by atomic mass is 35.5. The molecule has 2 aromatic heterocycles. The van der Waals surface area contributed by atoms with Crippen molar-refractivity contribution in [2.75, 3.05) is 5.73 Å². The summed E-state index contributed by atoms with van der Waals surface area (Å²) in [5, 5.41) is 1.07. The fourth-order valence-corrected chi connectivity index (χ4v) is 2.43. The average Bonchev–Trinajstić information content (AvgIpc) is 2.28. The molecule has 0 aliphatic heterocycles. The maximum atomic E-state index is 5.82. The van der Waals surface area contributed by atoms with Crippen LogP contribution in [0.2, 0.25) is 5.15 Å². The second-order valence-electron chi connectivity index (χ2n) is 3.41. The number of nitrogen functional groups attached to an aromatic ring is 1. The molecule has 2 heterocycles. The molecule has 0 aliphatic carbocycles. The van der Waals surface area contributed by atoms with Crippen LogP contribution in [0, 0.1) is 0 Å². The Bertz CT molecular complexity index is 486. The number of halogens is 1. The summed E-state index contributed by atoms with van der Waals surface area (Å²) in [5.74, 6) is 0.376. The van der Waals surface area contributed by atoms with Crippen LogP contribution < -0.4 is 5.73 Å². The molecule has 1 unspecified atom stereocenters. The first kappa shape index (κ1) is 12.1. The van der Waals surface area contributed by atoms with Gasteiger partial charge in [-0.05, 0) is 19.1 Å². The van der Waals surface area contributed by atoms with Crippen LogP contribution in [0.15, 0.2) is 35.6 Å². The van der Waals surface area contributed by atoms with Gasteiger partial charge in [-0.25, -0.2) is 9.97 Å². The van der Waals surface area contributed by atoms with Crippen molar-refractivity contribution in [3.05, 3.63) is 41.3 Å². The Hall–Kier alpha value is -1.33. The molecule has 1 atom stereocenters. The largest absolute Gasteiger partial charge is 0.384 e. The quantitative estimate of drug-likeness (QED) is 0.526. The average molecular weight is 267 g/mol. The number of nitrogens with two attached hydrogens (primary N) is 1. The predicted molar refractivity (Wildman–Crippen MR) is 70.0 cm³/mol. The SMILES string of the molecule is CC(Sc1nc(N)cc(Cl)n1)c1ccccn1. The Morgan fingerprint density at radius 2 is 2.18 bits per heavy atom. The van der Waals surface area contributed by atoms with Crippen molar-refractivity contribution in [3.8, 4) is 0 Å². The maximum absolute atomic E-state index is 5.82. The molecule has 0 radical (unpaired) electrons. The Kier molecular flexibility index (Phi) is 3.81. The summed E-state index contributed by atoms with van der Waals surface area (Å²) in [4.78, 5) is 12.5. The molecule has 2 N–H and O–H groups in total. The predicted octanol–water partition coefficient (Wildman–Crippen LogP) is 2.96. The molecular weight excluding hydrogens is 256 g/mol. The van der Waals surface area contributed by atoms with Crippen molar-refractivity contribution in [2.45, 2.75) is 17.3 Å². The van der Waals surface area contributed by atoms with Gasteiger partial charge in [0.1, 0.15) is 11.0 Å². The van der Waals surface area contributed by atoms with Gasteiger partial charge in [-0.1, -0.05) is 29.4 Å². The normalized spacial score (nSPS) is 12.4. The molecule has 0 aliphatic rings. The second-order valence-corrected chi connectivity index (χ2v) is 5.11. The van der Waals surface area contributed by atoms with E-state index in [-0.39, 0.29) is 5.25 Å². The molecule has 4 nitrogen and oxygen atoms in total. The fourth-order valence-electron chi connectivity index (χ4n) is 1.30. The lowest BCUT2D eigenvalue weighted by Crippen LogP contribution is -1.97. The fraction of sp³-hybridized carbons (Fsp3) is 0.182. The Balaban J connectivity index is 2.16. The van der Waals surface area contributed by atoms with Gasteiger partial charge in [-0.3, -0.25) is 4.98 Å². The summed E-state index contributed by atoms with van der Waals surface area (Å²) in [6.45, 7) is 2.04. The standard InChI is InChI=1S/C11H11ClN4S/c1-7(8-4-2-3-5-14-8)17-11-15-9(12)6-10(13)16-11/h2-7H,1H3,(H2,13,15,16). The molecule has 6 heteroatoms. The third-order valence-electron chi connectivity index (χ3n) is 2.08. The molecule has 0 bridgehead atoms. The first-order chi connectivity index (χ1) is 8.15. The van der Waals surface area contributed by atoms with Crippen LogP contribution in [0.5, 0.6) is 0 Å². The summed E-state index contributed by atoms with van der Waals surface area (Å²) in [6, 6.07) is 7.32. The third-order valence-corrected chi connectivity index (χ3v) is 3.26. The van der Waals surface area contributed by atoms with E-state index in [0.29, 0.717) is 16.1 Å². The van der Waals surface area contributed by atoms with E-state index in [9.17, 15) is 0 Å². The van der Waals surface area contributed by atoms with Gasteiger partial charge < -0.3 is 5.73 Å². The maximum Gasteiger partial charge on any atom is 0.191 e. The van der Waals surface area contributed by atoms with Crippen molar-refractivity contribution in [1.82, 2.24) is 15.0 Å². The van der Waals surface area contributed by atoms with Crippen molar-refractivity contribution >= 4 is 29.2 Å². The van der Waals surface area contributed by atoms with E-state index in [1.54, 1.807) is 6.20 Å². The molecule has 88 valence electrons. The smallest absolute Gasteiger partial charge is 0.191 e. The van der Waals surface area contributed by atoms with E-state index in [4.69, 9.17) is 17.3 Å². The zero-order valence-corrected chi connectivity index (χ0v) is 10.7. The first-order valence-corrected chi connectivity index (χ1v) is 6.28. The lowest BCUT2D eigenvalue weighted by molar-refractivity contribution is 0.945. The molecule has 17 heavy (non-hydrogen) atoms. The van der Waals surface area contributed by atoms with E-state index in [1.165, 1.54) is 17.8 Å². The summed E-state index contributed by atoms with van der Waals surface area (Å²) in [6.07, 6.45) is 1.76. The molecule has 0 spiro atoms. The Morgan fingerprint density at radius 1 is 1.35 bits per heavy atom. The Labute approximate surface area is 109 Å². The summed E-state index contributed by atoms with van der Waals surface area (Å²) < 4.78 is 0. The zero-order valence-electron chi connectivity index (χ0n) is 9.17. The van der Waals surface area contributed by atoms with Crippen LogP contribution in [0.25, 0.3) is 0 Å². The van der Waals surface area contributed by atoms with Gasteiger partial charge in [-0.2, -0.15) is 0 Å². The molecule has 0 saturated heterocycles. The third kappa shape index (κ3) is 3.31. The van der Waals surface area contributed by atoms with Crippen LogP contribution in [0.4, 0.5) is 5.82 Å². The van der Waals surface area contributed by atoms with Crippen molar-refractivity contribution in [3.63, 3.8) is 0 Å². The number of aromatic nitrogens is 3. The van der Waals surface area contributed by atoms with Crippen LogP contribution in [0.1, 0.15) is 17.9 Å². The molecule has 0 saturated carbocycles. The van der Waals surface area contributed by atoms with Crippen molar-refractivity contribution in [2.24, 2.45) is 0 Å². The summed E-state index contributed by atoms with van der Waals surface area (Å²) >= 11 is 7.30. The van der Waals surface area contributed by atoms with Gasteiger partial charge in [0.2, 0.25) is 0 Å². The van der Waals surface area contributed by atoms with E-state index in [0.717, 1.165) is 5.69 Å². The number of hydrogen-bond acceptors (Lipinski definition) is 5.